The number of amides is 1. The highest BCUT2D eigenvalue weighted by molar-refractivity contribution is 7.90. The van der Waals surface area contributed by atoms with Gasteiger partial charge in [-0.15, -0.1) is 11.3 Å². The molecule has 2 N–H and O–H groups in total. The number of nitrogens with zero attached hydrogens (tertiary/aromatic N) is 1. The fourth-order valence-corrected chi connectivity index (χ4v) is 5.08. The van der Waals surface area contributed by atoms with Crippen molar-refractivity contribution in [2.45, 2.75) is 37.2 Å². The minimum absolute atomic E-state index is 0.180. The van der Waals surface area contributed by atoms with Crippen molar-refractivity contribution in [1.29, 1.82) is 0 Å². The monoisotopic (exact) mass is 488 g/mol. The first-order valence-electron chi connectivity index (χ1n) is 10.4. The third kappa shape index (κ3) is 5.70. The molecule has 0 fully saturated rings. The van der Waals surface area contributed by atoms with E-state index >= 15 is 0 Å². The molecular weight excluding hydrogens is 464 g/mol. The molecule has 174 valence electrons. The van der Waals surface area contributed by atoms with Crippen molar-refractivity contribution in [3.8, 4) is 17.2 Å². The Kier molecular flexibility index (Phi) is 6.68. The molecule has 0 saturated carbocycles. The highest BCUT2D eigenvalue weighted by atomic mass is 32.2. The van der Waals surface area contributed by atoms with Gasteiger partial charge in [-0.2, -0.15) is 0 Å². The quantitative estimate of drug-likeness (QED) is 0.495. The zero-order valence-corrected chi connectivity index (χ0v) is 19.8. The molecule has 1 aliphatic rings. The first-order chi connectivity index (χ1) is 15.7. The number of aryl methyl sites for hydroxylation is 2. The second kappa shape index (κ2) is 9.50. The third-order valence-corrected chi connectivity index (χ3v) is 7.24. The van der Waals surface area contributed by atoms with Gasteiger partial charge in [0.1, 0.15) is 23.4 Å². The van der Waals surface area contributed by atoms with Crippen molar-refractivity contribution in [2.24, 2.45) is 0 Å². The Labute approximate surface area is 196 Å². The van der Waals surface area contributed by atoms with Gasteiger partial charge in [0.05, 0.1) is 17.2 Å². The Balaban J connectivity index is 1.58. The summed E-state index contributed by atoms with van der Waals surface area (Å²) in [4.78, 5) is 18.8. The van der Waals surface area contributed by atoms with E-state index < -0.39 is 15.9 Å². The van der Waals surface area contributed by atoms with Gasteiger partial charge in [-0.3, -0.25) is 10.1 Å². The van der Waals surface area contributed by atoms with Gasteiger partial charge >= 0.3 is 0 Å². The van der Waals surface area contributed by atoms with E-state index in [1.54, 1.807) is 25.1 Å². The van der Waals surface area contributed by atoms with E-state index in [9.17, 15) is 18.3 Å². The summed E-state index contributed by atoms with van der Waals surface area (Å²) >= 11 is 1.49. The number of rotatable bonds is 8. The lowest BCUT2D eigenvalue weighted by atomic mass is 10.2. The standard InChI is InChI=1S/C23H24N2O6S2/c1-14(13-26)30-17-10-15(22(27)25-23-24-20-4-3-5-21(20)32-23)11-18(12-17)31-16-6-8-19(9-7-16)33(2,28)29/h6-12,14,26H,3-5,13H2,1-2H3,(H,24,25,27)/t14-/m0/s1. The van der Waals surface area contributed by atoms with Crippen molar-refractivity contribution >= 4 is 32.2 Å². The lowest BCUT2D eigenvalue weighted by Crippen LogP contribution is -2.17. The van der Waals surface area contributed by atoms with Gasteiger partial charge in [0.2, 0.25) is 0 Å². The van der Waals surface area contributed by atoms with Crippen LogP contribution in [0.4, 0.5) is 5.13 Å². The van der Waals surface area contributed by atoms with Crippen molar-refractivity contribution in [3.63, 3.8) is 0 Å². The molecule has 1 amide bonds. The van der Waals surface area contributed by atoms with Crippen LogP contribution in [0.5, 0.6) is 17.2 Å². The number of carbonyl (C=O) groups is 1. The van der Waals surface area contributed by atoms with E-state index in [4.69, 9.17) is 9.47 Å². The molecule has 3 aromatic rings. The molecule has 0 radical (unpaired) electrons. The second-order valence-electron chi connectivity index (χ2n) is 7.85. The average Bonchev–Trinajstić information content (AvgIpc) is 3.35. The molecule has 0 aliphatic heterocycles. The molecule has 0 bridgehead atoms. The number of hydrogen-bond donors (Lipinski definition) is 2. The van der Waals surface area contributed by atoms with Gasteiger partial charge in [0.25, 0.3) is 5.91 Å². The number of nitrogens with one attached hydrogen (secondary N) is 1. The SMILES string of the molecule is C[C@@H](CO)Oc1cc(Oc2ccc(S(C)(=O)=O)cc2)cc(C(=O)Nc2nc3c(s2)CCC3)c1. The third-order valence-electron chi connectivity index (χ3n) is 5.04. The topological polar surface area (TPSA) is 115 Å². The maximum atomic E-state index is 12.9. The predicted molar refractivity (Wildman–Crippen MR) is 125 cm³/mol. The van der Waals surface area contributed by atoms with Crippen LogP contribution in [0.1, 0.15) is 34.3 Å². The number of sulfone groups is 1. The Morgan fingerprint density at radius 2 is 1.88 bits per heavy atom. The van der Waals surface area contributed by atoms with Gasteiger partial charge < -0.3 is 14.6 Å². The van der Waals surface area contributed by atoms with Crippen molar-refractivity contribution in [1.82, 2.24) is 4.98 Å². The second-order valence-corrected chi connectivity index (χ2v) is 10.9. The fraction of sp³-hybridized carbons (Fsp3) is 0.304. The van der Waals surface area contributed by atoms with E-state index in [1.165, 1.54) is 40.5 Å². The fourth-order valence-electron chi connectivity index (χ4n) is 3.40. The highest BCUT2D eigenvalue weighted by Crippen LogP contribution is 2.32. The summed E-state index contributed by atoms with van der Waals surface area (Å²) in [6, 6.07) is 10.7. The van der Waals surface area contributed by atoms with Crippen LogP contribution in [-0.4, -0.2) is 43.4 Å². The summed E-state index contributed by atoms with van der Waals surface area (Å²) in [6.07, 6.45) is 3.67. The molecule has 0 saturated heterocycles. The lowest BCUT2D eigenvalue weighted by Gasteiger charge is -2.15. The van der Waals surface area contributed by atoms with Crippen LogP contribution in [0, 0.1) is 0 Å². The molecule has 1 heterocycles. The molecule has 8 nitrogen and oxygen atoms in total. The molecule has 1 aromatic heterocycles. The van der Waals surface area contributed by atoms with Crippen LogP contribution in [0.25, 0.3) is 0 Å². The number of aliphatic hydroxyl groups is 1. The Bertz CT molecular complexity index is 1250. The predicted octanol–water partition coefficient (Wildman–Crippen LogP) is 3.84. The molecule has 0 spiro atoms. The van der Waals surface area contributed by atoms with Gasteiger partial charge in [0.15, 0.2) is 15.0 Å². The van der Waals surface area contributed by atoms with Crippen LogP contribution in [0.15, 0.2) is 47.4 Å². The molecule has 4 rings (SSSR count). The number of aliphatic hydroxyl groups excluding tert-OH is 1. The number of fused-ring (bicyclic) bond motifs is 1. The van der Waals surface area contributed by atoms with Crippen molar-refractivity contribution < 1.29 is 27.8 Å². The van der Waals surface area contributed by atoms with Crippen LogP contribution >= 0.6 is 11.3 Å². The highest BCUT2D eigenvalue weighted by Gasteiger charge is 2.19. The normalized spacial score (nSPS) is 13.9. The van der Waals surface area contributed by atoms with Gasteiger partial charge in [-0.25, -0.2) is 13.4 Å². The van der Waals surface area contributed by atoms with Crippen LogP contribution in [-0.2, 0) is 22.7 Å². The molecule has 33 heavy (non-hydrogen) atoms. The van der Waals surface area contributed by atoms with Crippen LogP contribution in [0.3, 0.4) is 0 Å². The zero-order chi connectivity index (χ0) is 23.6. The Morgan fingerprint density at radius 1 is 1.15 bits per heavy atom. The maximum Gasteiger partial charge on any atom is 0.257 e. The number of benzene rings is 2. The molecule has 2 aromatic carbocycles. The Morgan fingerprint density at radius 3 is 2.55 bits per heavy atom. The summed E-state index contributed by atoms with van der Waals surface area (Å²) in [6.45, 7) is 1.51. The number of thiazole rings is 1. The van der Waals surface area contributed by atoms with E-state index in [0.29, 0.717) is 27.9 Å². The summed E-state index contributed by atoms with van der Waals surface area (Å²) < 4.78 is 34.9. The van der Waals surface area contributed by atoms with E-state index in [-0.39, 0.29) is 17.4 Å². The number of carbonyl (C=O) groups excluding carboxylic acids is 1. The van der Waals surface area contributed by atoms with E-state index in [0.717, 1.165) is 31.2 Å². The maximum absolute atomic E-state index is 12.9. The van der Waals surface area contributed by atoms with Crippen LogP contribution in [0.2, 0.25) is 0 Å². The smallest absolute Gasteiger partial charge is 0.257 e. The average molecular weight is 489 g/mol. The number of hydrogen-bond acceptors (Lipinski definition) is 8. The lowest BCUT2D eigenvalue weighted by molar-refractivity contribution is 0.102. The number of aromatic nitrogens is 1. The molecule has 1 aliphatic carbocycles. The van der Waals surface area contributed by atoms with E-state index in [2.05, 4.69) is 10.3 Å². The summed E-state index contributed by atoms with van der Waals surface area (Å²) in [5, 5.41) is 12.7. The minimum atomic E-state index is -3.32. The first kappa shape index (κ1) is 23.2. The largest absolute Gasteiger partial charge is 0.488 e. The zero-order valence-electron chi connectivity index (χ0n) is 18.2. The van der Waals surface area contributed by atoms with E-state index in [1.807, 2.05) is 0 Å². The first-order valence-corrected chi connectivity index (χ1v) is 13.1. The Hall–Kier alpha value is -2.95. The molecule has 10 heteroatoms. The van der Waals surface area contributed by atoms with Crippen molar-refractivity contribution in [3.05, 3.63) is 58.6 Å². The number of ether oxygens (including phenoxy) is 2. The molecule has 0 unspecified atom stereocenters. The molecular formula is C23H24N2O6S2. The molecule has 1 atom stereocenters. The number of anilines is 1. The minimum Gasteiger partial charge on any atom is -0.488 e. The summed E-state index contributed by atoms with van der Waals surface area (Å²) in [5.41, 5.74) is 1.35. The van der Waals surface area contributed by atoms with Gasteiger partial charge in [-0.1, -0.05) is 0 Å². The van der Waals surface area contributed by atoms with Crippen molar-refractivity contribution in [2.75, 3.05) is 18.2 Å². The summed E-state index contributed by atoms with van der Waals surface area (Å²) in [7, 11) is -3.32. The van der Waals surface area contributed by atoms with Gasteiger partial charge in [-0.05, 0) is 62.6 Å². The van der Waals surface area contributed by atoms with Gasteiger partial charge in [0, 0.05) is 22.8 Å². The summed E-state index contributed by atoms with van der Waals surface area (Å²) in [5.74, 6) is 0.726. The van der Waals surface area contributed by atoms with Crippen LogP contribution < -0.4 is 14.8 Å².